The first-order valence-electron chi connectivity index (χ1n) is 6.04. The Labute approximate surface area is 116 Å². The topological polar surface area (TPSA) is 92.4 Å². The van der Waals surface area contributed by atoms with Crippen molar-refractivity contribution in [3.05, 3.63) is 23.8 Å². The lowest BCUT2D eigenvalue weighted by atomic mass is 9.97. The number of halogens is 2. The zero-order valence-electron chi connectivity index (χ0n) is 11.3. The number of sulfonamides is 1. The van der Waals surface area contributed by atoms with Crippen molar-refractivity contribution >= 4 is 15.7 Å². The highest BCUT2D eigenvalue weighted by molar-refractivity contribution is 7.89. The van der Waals surface area contributed by atoms with Gasteiger partial charge in [-0.3, -0.25) is 0 Å². The van der Waals surface area contributed by atoms with Crippen molar-refractivity contribution < 1.29 is 22.3 Å². The summed E-state index contributed by atoms with van der Waals surface area (Å²) in [6.45, 7) is 3.00. The van der Waals surface area contributed by atoms with Gasteiger partial charge in [0.05, 0.1) is 0 Å². The molecule has 0 amide bonds. The highest BCUT2D eigenvalue weighted by Crippen LogP contribution is 2.24. The summed E-state index contributed by atoms with van der Waals surface area (Å²) in [4.78, 5) is -1.07. The van der Waals surface area contributed by atoms with Crippen LogP contribution in [0.2, 0.25) is 0 Å². The van der Waals surface area contributed by atoms with Crippen LogP contribution < -0.4 is 10.5 Å². The molecule has 4 N–H and O–H groups in total. The summed E-state index contributed by atoms with van der Waals surface area (Å²) < 4.78 is 53.8. The van der Waals surface area contributed by atoms with Crippen molar-refractivity contribution in [1.29, 1.82) is 0 Å². The maximum atomic E-state index is 13.7. The maximum absolute atomic E-state index is 13.7. The molecule has 0 radical (unpaired) electrons. The number of anilines is 1. The summed E-state index contributed by atoms with van der Waals surface area (Å²) in [5.74, 6) is -2.50. The van der Waals surface area contributed by atoms with Crippen LogP contribution in [0.15, 0.2) is 17.0 Å². The minimum Gasteiger partial charge on any atom is -0.399 e. The smallest absolute Gasteiger partial charge is 0.246 e. The van der Waals surface area contributed by atoms with Gasteiger partial charge in [0.2, 0.25) is 10.0 Å². The van der Waals surface area contributed by atoms with Crippen molar-refractivity contribution in [3.8, 4) is 0 Å². The number of nitrogens with two attached hydrogens (primary N) is 1. The van der Waals surface area contributed by atoms with E-state index in [4.69, 9.17) is 10.8 Å². The number of hydrogen-bond acceptors (Lipinski definition) is 4. The van der Waals surface area contributed by atoms with Crippen LogP contribution in [0.1, 0.15) is 26.7 Å². The highest BCUT2D eigenvalue weighted by atomic mass is 32.2. The molecule has 0 aromatic heterocycles. The third-order valence-electron chi connectivity index (χ3n) is 3.11. The number of aliphatic hydroxyl groups excluding tert-OH is 1. The minimum absolute atomic E-state index is 0.126. The molecule has 1 unspecified atom stereocenters. The van der Waals surface area contributed by atoms with E-state index in [9.17, 15) is 17.2 Å². The normalized spacial score (nSPS) is 15.1. The average Bonchev–Trinajstić information content (AvgIpc) is 2.26. The Morgan fingerprint density at radius 1 is 1.35 bits per heavy atom. The lowest BCUT2D eigenvalue weighted by molar-refractivity contribution is 0.233. The third-order valence-corrected chi connectivity index (χ3v) is 4.80. The second-order valence-electron chi connectivity index (χ2n) is 4.81. The average molecular weight is 308 g/mol. The first-order valence-corrected chi connectivity index (χ1v) is 7.53. The lowest BCUT2D eigenvalue weighted by Crippen LogP contribution is -2.46. The summed E-state index contributed by atoms with van der Waals surface area (Å²) in [7, 11) is -4.40. The molecular formula is C12H18F2N2O3S. The fourth-order valence-electron chi connectivity index (χ4n) is 1.76. The number of rotatable bonds is 6. The Morgan fingerprint density at radius 2 is 1.85 bits per heavy atom. The van der Waals surface area contributed by atoms with E-state index in [1.54, 1.807) is 13.8 Å². The van der Waals surface area contributed by atoms with Crippen LogP contribution in [0.25, 0.3) is 0 Å². The second-order valence-corrected chi connectivity index (χ2v) is 6.43. The standard InChI is InChI=1S/C12H18F2N2O3S/c1-3-12(2,4-5-17)16-20(18,19)11-9(13)6-8(15)7-10(11)14/h6-7,16-17H,3-5,15H2,1-2H3. The summed E-state index contributed by atoms with van der Waals surface area (Å²) in [5, 5.41) is 8.95. The predicted molar refractivity (Wildman–Crippen MR) is 71.5 cm³/mol. The molecule has 1 rings (SSSR count). The van der Waals surface area contributed by atoms with Crippen LogP contribution in [0.4, 0.5) is 14.5 Å². The monoisotopic (exact) mass is 308 g/mol. The van der Waals surface area contributed by atoms with Crippen LogP contribution in [0.5, 0.6) is 0 Å². The van der Waals surface area contributed by atoms with E-state index in [1.165, 1.54) is 0 Å². The van der Waals surface area contributed by atoms with E-state index in [0.717, 1.165) is 12.1 Å². The molecule has 1 aromatic rings. The van der Waals surface area contributed by atoms with E-state index in [-0.39, 0.29) is 18.7 Å². The van der Waals surface area contributed by atoms with Gasteiger partial charge in [0.25, 0.3) is 0 Å². The fourth-order valence-corrected chi connectivity index (χ4v) is 3.39. The molecule has 8 heteroatoms. The van der Waals surface area contributed by atoms with Gasteiger partial charge in [-0.25, -0.2) is 21.9 Å². The first kappa shape index (κ1) is 16.8. The summed E-state index contributed by atoms with van der Waals surface area (Å²) in [6, 6.07) is 1.49. The van der Waals surface area contributed by atoms with E-state index >= 15 is 0 Å². The molecule has 1 aromatic carbocycles. The minimum atomic E-state index is -4.40. The van der Waals surface area contributed by atoms with Gasteiger partial charge < -0.3 is 10.8 Å². The summed E-state index contributed by atoms with van der Waals surface area (Å²) in [5.41, 5.74) is 4.05. The van der Waals surface area contributed by atoms with Crippen molar-refractivity contribution in [1.82, 2.24) is 4.72 Å². The largest absolute Gasteiger partial charge is 0.399 e. The summed E-state index contributed by atoms with van der Waals surface area (Å²) in [6.07, 6.45) is 0.478. The number of hydrogen-bond donors (Lipinski definition) is 3. The Hall–Kier alpha value is -1.25. The second kappa shape index (κ2) is 6.02. The molecule has 0 bridgehead atoms. The first-order chi connectivity index (χ1) is 9.15. The molecule has 0 spiro atoms. The van der Waals surface area contributed by atoms with Crippen LogP contribution in [0, 0.1) is 11.6 Å². The van der Waals surface area contributed by atoms with Crippen molar-refractivity contribution in [2.75, 3.05) is 12.3 Å². The van der Waals surface area contributed by atoms with Crippen LogP contribution in [-0.4, -0.2) is 25.7 Å². The van der Waals surface area contributed by atoms with E-state index in [1.807, 2.05) is 0 Å². The quantitative estimate of drug-likeness (QED) is 0.692. The van der Waals surface area contributed by atoms with Crippen LogP contribution in [-0.2, 0) is 10.0 Å². The molecule has 0 aliphatic rings. The number of aliphatic hydroxyl groups is 1. The third kappa shape index (κ3) is 3.65. The SMILES string of the molecule is CCC(C)(CCO)NS(=O)(=O)c1c(F)cc(N)cc1F. The van der Waals surface area contributed by atoms with Gasteiger partial charge in [0.1, 0.15) is 11.6 Å². The molecule has 0 heterocycles. The molecule has 0 aliphatic heterocycles. The predicted octanol–water partition coefficient (Wildman–Crippen LogP) is 1.38. The highest BCUT2D eigenvalue weighted by Gasteiger charge is 2.32. The number of benzene rings is 1. The molecule has 114 valence electrons. The molecule has 5 nitrogen and oxygen atoms in total. The lowest BCUT2D eigenvalue weighted by Gasteiger charge is -2.28. The molecule has 0 saturated heterocycles. The van der Waals surface area contributed by atoms with Crippen molar-refractivity contribution in [3.63, 3.8) is 0 Å². The van der Waals surface area contributed by atoms with E-state index in [2.05, 4.69) is 4.72 Å². The van der Waals surface area contributed by atoms with Gasteiger partial charge >= 0.3 is 0 Å². The van der Waals surface area contributed by atoms with Gasteiger partial charge in [-0.2, -0.15) is 0 Å². The van der Waals surface area contributed by atoms with E-state index < -0.39 is 32.1 Å². The molecule has 0 fully saturated rings. The van der Waals surface area contributed by atoms with Gasteiger partial charge in [-0.05, 0) is 31.9 Å². The molecule has 1 atom stereocenters. The fraction of sp³-hybridized carbons (Fsp3) is 0.500. The van der Waals surface area contributed by atoms with E-state index in [0.29, 0.717) is 6.42 Å². The maximum Gasteiger partial charge on any atom is 0.246 e. The number of nitrogens with one attached hydrogen (secondary N) is 1. The van der Waals surface area contributed by atoms with Crippen LogP contribution >= 0.6 is 0 Å². The van der Waals surface area contributed by atoms with Gasteiger partial charge in [0.15, 0.2) is 4.90 Å². The Morgan fingerprint density at radius 3 is 2.25 bits per heavy atom. The molecule has 20 heavy (non-hydrogen) atoms. The van der Waals surface area contributed by atoms with Gasteiger partial charge in [0, 0.05) is 17.8 Å². The van der Waals surface area contributed by atoms with Gasteiger partial charge in [-0.1, -0.05) is 6.92 Å². The Bertz CT molecular complexity index is 569. The molecular weight excluding hydrogens is 290 g/mol. The summed E-state index contributed by atoms with van der Waals surface area (Å²) >= 11 is 0. The zero-order valence-corrected chi connectivity index (χ0v) is 12.1. The van der Waals surface area contributed by atoms with Crippen LogP contribution in [0.3, 0.4) is 0 Å². The Kier molecular flexibility index (Phi) is 5.06. The number of nitrogen functional groups attached to an aromatic ring is 1. The Balaban J connectivity index is 3.25. The van der Waals surface area contributed by atoms with Crippen molar-refractivity contribution in [2.24, 2.45) is 0 Å². The van der Waals surface area contributed by atoms with Gasteiger partial charge in [-0.15, -0.1) is 0 Å². The van der Waals surface area contributed by atoms with Crippen molar-refractivity contribution in [2.45, 2.75) is 37.1 Å². The molecule has 0 saturated carbocycles. The molecule has 0 aliphatic carbocycles. The zero-order chi connectivity index (χ0) is 15.6.